The van der Waals surface area contributed by atoms with Crippen molar-refractivity contribution in [2.75, 3.05) is 5.73 Å². The van der Waals surface area contributed by atoms with Crippen LogP contribution in [0.3, 0.4) is 0 Å². The Kier molecular flexibility index (Phi) is 2.82. The molecule has 1 amide bonds. The monoisotopic (exact) mass is 293 g/mol. The molecule has 3 heterocycles. The summed E-state index contributed by atoms with van der Waals surface area (Å²) >= 11 is 0. The van der Waals surface area contributed by atoms with E-state index in [0.29, 0.717) is 19.5 Å². The molecule has 0 unspecified atom stereocenters. The average Bonchev–Trinajstić information content (AvgIpc) is 3.11. The van der Waals surface area contributed by atoms with Gasteiger partial charge in [0.25, 0.3) is 0 Å². The SMILES string of the molecule is Nc1ncc2c(n1)CN(C(=O)Cc1c[nH]c3ccccc13)C2. The fraction of sp³-hybridized carbons (Fsp3) is 0.188. The summed E-state index contributed by atoms with van der Waals surface area (Å²) in [7, 11) is 0. The van der Waals surface area contributed by atoms with Crippen molar-refractivity contribution in [3.8, 4) is 0 Å². The minimum atomic E-state index is 0.0846. The first-order chi connectivity index (χ1) is 10.7. The fourth-order valence-electron chi connectivity index (χ4n) is 2.90. The third-order valence-corrected chi connectivity index (χ3v) is 4.04. The van der Waals surface area contributed by atoms with Crippen LogP contribution < -0.4 is 5.73 Å². The number of nitrogens with one attached hydrogen (secondary N) is 1. The van der Waals surface area contributed by atoms with Gasteiger partial charge in [-0.05, 0) is 11.6 Å². The number of nitrogens with zero attached hydrogens (tertiary/aromatic N) is 3. The van der Waals surface area contributed by atoms with Gasteiger partial charge in [-0.15, -0.1) is 0 Å². The Morgan fingerprint density at radius 2 is 2.18 bits per heavy atom. The van der Waals surface area contributed by atoms with Crippen molar-refractivity contribution >= 4 is 22.8 Å². The molecule has 0 aliphatic carbocycles. The topological polar surface area (TPSA) is 87.9 Å². The maximum atomic E-state index is 12.5. The van der Waals surface area contributed by atoms with E-state index in [4.69, 9.17) is 5.73 Å². The van der Waals surface area contributed by atoms with Crippen LogP contribution in [0.4, 0.5) is 5.95 Å². The summed E-state index contributed by atoms with van der Waals surface area (Å²) in [5, 5.41) is 1.09. The number of aromatic amines is 1. The highest BCUT2D eigenvalue weighted by Crippen LogP contribution is 2.23. The molecule has 0 atom stereocenters. The third-order valence-electron chi connectivity index (χ3n) is 4.04. The van der Waals surface area contributed by atoms with Crippen LogP contribution in [0.15, 0.2) is 36.7 Å². The van der Waals surface area contributed by atoms with E-state index >= 15 is 0 Å². The molecule has 6 heteroatoms. The van der Waals surface area contributed by atoms with Crippen molar-refractivity contribution < 1.29 is 4.79 Å². The molecule has 2 aromatic heterocycles. The van der Waals surface area contributed by atoms with E-state index in [2.05, 4.69) is 15.0 Å². The largest absolute Gasteiger partial charge is 0.368 e. The molecule has 22 heavy (non-hydrogen) atoms. The number of anilines is 1. The van der Waals surface area contributed by atoms with Gasteiger partial charge in [-0.2, -0.15) is 0 Å². The van der Waals surface area contributed by atoms with Crippen molar-refractivity contribution in [2.24, 2.45) is 0 Å². The number of nitrogen functional groups attached to an aromatic ring is 1. The van der Waals surface area contributed by atoms with E-state index < -0.39 is 0 Å². The molecule has 0 bridgehead atoms. The second-order valence-corrected chi connectivity index (χ2v) is 5.49. The van der Waals surface area contributed by atoms with Crippen molar-refractivity contribution in [3.63, 3.8) is 0 Å². The Morgan fingerprint density at radius 1 is 1.32 bits per heavy atom. The smallest absolute Gasteiger partial charge is 0.227 e. The molecule has 1 aromatic carbocycles. The Labute approximate surface area is 127 Å². The first-order valence-electron chi connectivity index (χ1n) is 7.14. The number of aromatic nitrogens is 3. The quantitative estimate of drug-likeness (QED) is 0.751. The van der Waals surface area contributed by atoms with Crippen molar-refractivity contribution in [1.29, 1.82) is 0 Å². The van der Waals surface area contributed by atoms with Crippen LogP contribution in [0.25, 0.3) is 10.9 Å². The molecular weight excluding hydrogens is 278 g/mol. The van der Waals surface area contributed by atoms with Gasteiger partial charge in [0.2, 0.25) is 11.9 Å². The number of amides is 1. The molecule has 0 spiro atoms. The average molecular weight is 293 g/mol. The molecule has 0 saturated heterocycles. The van der Waals surface area contributed by atoms with E-state index in [9.17, 15) is 4.79 Å². The van der Waals surface area contributed by atoms with Crippen LogP contribution in [0.5, 0.6) is 0 Å². The van der Waals surface area contributed by atoms with Crippen molar-refractivity contribution in [3.05, 3.63) is 53.5 Å². The molecule has 1 aliphatic rings. The lowest BCUT2D eigenvalue weighted by atomic mass is 10.1. The van der Waals surface area contributed by atoms with E-state index in [1.807, 2.05) is 30.5 Å². The van der Waals surface area contributed by atoms with Gasteiger partial charge in [-0.1, -0.05) is 18.2 Å². The number of nitrogens with two attached hydrogens (primary N) is 1. The minimum absolute atomic E-state index is 0.0846. The van der Waals surface area contributed by atoms with Gasteiger partial charge in [0.05, 0.1) is 18.7 Å². The number of rotatable bonds is 2. The Balaban J connectivity index is 1.54. The standard InChI is InChI=1S/C16H15N5O/c17-16-19-7-11-8-21(9-14(11)20-16)15(22)5-10-6-18-13-4-2-1-3-12(10)13/h1-4,6-7,18H,5,8-9H2,(H2,17,19,20). The summed E-state index contributed by atoms with van der Waals surface area (Å²) in [6.07, 6.45) is 3.99. The molecule has 4 rings (SSSR count). The molecule has 0 radical (unpaired) electrons. The number of H-pyrrole nitrogens is 1. The summed E-state index contributed by atoms with van der Waals surface area (Å²) in [4.78, 5) is 25.7. The number of hydrogen-bond donors (Lipinski definition) is 2. The van der Waals surface area contributed by atoms with Gasteiger partial charge in [0, 0.05) is 35.4 Å². The first-order valence-corrected chi connectivity index (χ1v) is 7.14. The van der Waals surface area contributed by atoms with Gasteiger partial charge < -0.3 is 15.6 Å². The molecular formula is C16H15N5O. The van der Waals surface area contributed by atoms with Crippen LogP contribution in [0, 0.1) is 0 Å². The molecule has 3 N–H and O–H groups in total. The fourth-order valence-corrected chi connectivity index (χ4v) is 2.90. The Hall–Kier alpha value is -2.89. The maximum absolute atomic E-state index is 12.5. The zero-order chi connectivity index (χ0) is 15.1. The highest BCUT2D eigenvalue weighted by Gasteiger charge is 2.25. The van der Waals surface area contributed by atoms with Crippen LogP contribution in [0.1, 0.15) is 16.8 Å². The molecule has 1 aliphatic heterocycles. The number of hydrogen-bond acceptors (Lipinski definition) is 4. The molecule has 3 aromatic rings. The zero-order valence-electron chi connectivity index (χ0n) is 11.9. The van der Waals surface area contributed by atoms with Crippen LogP contribution in [0.2, 0.25) is 0 Å². The van der Waals surface area contributed by atoms with Crippen LogP contribution in [-0.4, -0.2) is 25.8 Å². The number of benzene rings is 1. The number of fused-ring (bicyclic) bond motifs is 2. The lowest BCUT2D eigenvalue weighted by molar-refractivity contribution is -0.131. The van der Waals surface area contributed by atoms with E-state index in [1.54, 1.807) is 11.1 Å². The van der Waals surface area contributed by atoms with Crippen molar-refractivity contribution in [2.45, 2.75) is 19.5 Å². The van der Waals surface area contributed by atoms with E-state index in [1.165, 1.54) is 0 Å². The van der Waals surface area contributed by atoms with Crippen LogP contribution >= 0.6 is 0 Å². The predicted molar refractivity (Wildman–Crippen MR) is 82.7 cm³/mol. The summed E-state index contributed by atoms with van der Waals surface area (Å²) in [6, 6.07) is 7.99. The molecule has 0 saturated carbocycles. The van der Waals surface area contributed by atoms with E-state index in [-0.39, 0.29) is 11.9 Å². The summed E-state index contributed by atoms with van der Waals surface area (Å²) in [5.74, 6) is 0.339. The second kappa shape index (κ2) is 4.84. The van der Waals surface area contributed by atoms with Gasteiger partial charge in [0.1, 0.15) is 0 Å². The minimum Gasteiger partial charge on any atom is -0.368 e. The molecule has 110 valence electrons. The lowest BCUT2D eigenvalue weighted by Crippen LogP contribution is -2.26. The second-order valence-electron chi connectivity index (χ2n) is 5.49. The van der Waals surface area contributed by atoms with Gasteiger partial charge in [-0.3, -0.25) is 4.79 Å². The first kappa shape index (κ1) is 12.8. The predicted octanol–water partition coefficient (Wildman–Crippen LogP) is 1.62. The highest BCUT2D eigenvalue weighted by atomic mass is 16.2. The Morgan fingerprint density at radius 3 is 3.09 bits per heavy atom. The third kappa shape index (κ3) is 2.09. The van der Waals surface area contributed by atoms with Crippen molar-refractivity contribution in [1.82, 2.24) is 19.9 Å². The highest BCUT2D eigenvalue weighted by molar-refractivity contribution is 5.89. The maximum Gasteiger partial charge on any atom is 0.227 e. The summed E-state index contributed by atoms with van der Waals surface area (Å²) in [6.45, 7) is 1.06. The molecule has 0 fully saturated rings. The number of para-hydroxylation sites is 1. The van der Waals surface area contributed by atoms with Crippen LogP contribution in [-0.2, 0) is 24.3 Å². The lowest BCUT2D eigenvalue weighted by Gasteiger charge is -2.14. The van der Waals surface area contributed by atoms with E-state index in [0.717, 1.165) is 27.7 Å². The van der Waals surface area contributed by atoms with Gasteiger partial charge >= 0.3 is 0 Å². The van der Waals surface area contributed by atoms with Gasteiger partial charge in [-0.25, -0.2) is 9.97 Å². The Bertz CT molecular complexity index is 870. The zero-order valence-corrected chi connectivity index (χ0v) is 11.9. The normalized spacial score (nSPS) is 13.5. The molecule has 6 nitrogen and oxygen atoms in total. The summed E-state index contributed by atoms with van der Waals surface area (Å²) < 4.78 is 0. The number of carbonyl (C=O) groups excluding carboxylic acids is 1. The summed E-state index contributed by atoms with van der Waals surface area (Å²) in [5.41, 5.74) is 9.48. The number of carbonyl (C=O) groups is 1. The van der Waals surface area contributed by atoms with Gasteiger partial charge in [0.15, 0.2) is 0 Å².